The molecule has 0 saturated heterocycles. The van der Waals surface area contributed by atoms with Crippen LogP contribution in [0.5, 0.6) is 0 Å². The molecule has 6 nitrogen and oxygen atoms in total. The minimum atomic E-state index is 0.545. The van der Waals surface area contributed by atoms with E-state index in [0.29, 0.717) is 17.6 Å². The van der Waals surface area contributed by atoms with Gasteiger partial charge in [0.2, 0.25) is 5.95 Å². The van der Waals surface area contributed by atoms with Gasteiger partial charge in [-0.1, -0.05) is 140 Å². The van der Waals surface area contributed by atoms with Crippen LogP contribution in [0.3, 0.4) is 0 Å². The molecule has 0 N–H and O–H groups in total. The fraction of sp³-hybridized carbons (Fsp3) is 0. The topological polar surface area (TPSA) is 60.0 Å². The highest BCUT2D eigenvalue weighted by atomic mass is 16.3. The average Bonchev–Trinajstić information content (AvgIpc) is 3.81. The highest BCUT2D eigenvalue weighted by Crippen LogP contribution is 2.47. The molecule has 8 aromatic carbocycles. The number of hydrogen-bond donors (Lipinski definition) is 0. The van der Waals surface area contributed by atoms with Crippen LogP contribution in [0.15, 0.2) is 192 Å². The van der Waals surface area contributed by atoms with Gasteiger partial charge in [-0.15, -0.1) is 0 Å². The number of furan rings is 1. The van der Waals surface area contributed by atoms with Crippen molar-refractivity contribution in [1.29, 1.82) is 0 Å². The van der Waals surface area contributed by atoms with Crippen LogP contribution in [-0.2, 0) is 0 Å². The summed E-state index contributed by atoms with van der Waals surface area (Å²) in [6, 6.07) is 64.8. The van der Waals surface area contributed by atoms with Crippen molar-refractivity contribution in [3.63, 3.8) is 0 Å². The second-order valence-corrected chi connectivity index (χ2v) is 13.6. The van der Waals surface area contributed by atoms with E-state index in [9.17, 15) is 0 Å². The van der Waals surface area contributed by atoms with Crippen molar-refractivity contribution in [1.82, 2.24) is 19.5 Å². The van der Waals surface area contributed by atoms with Crippen LogP contribution >= 0.6 is 0 Å². The van der Waals surface area contributed by atoms with E-state index in [1.807, 2.05) is 60.7 Å². The Morgan fingerprint density at radius 3 is 1.56 bits per heavy atom. The maximum absolute atomic E-state index is 7.09. The molecule has 0 amide bonds. The normalized spacial score (nSPS) is 11.6. The number of rotatable bonds is 6. The Balaban J connectivity index is 1.20. The van der Waals surface area contributed by atoms with E-state index >= 15 is 0 Å². The Labute approximate surface area is 316 Å². The molecule has 0 aliphatic carbocycles. The maximum Gasteiger partial charge on any atom is 0.238 e. The molecule has 6 heteroatoms. The molecule has 3 heterocycles. The van der Waals surface area contributed by atoms with Crippen LogP contribution in [-0.4, -0.2) is 19.5 Å². The standard InChI is InChI=1S/C49H31N5O/c1-5-17-32(18-6-1)47-50-48(33-19-7-2-8-20-33)52-49(51-47)54-40-28-16-15-27-38(40)45-41(54)30-29-39-44-37-26-14-13-25-36(37)42(31-43(44)55-46(39)45)53(34-21-9-3-10-22-34)35-23-11-4-12-24-35/h1-31H. The fourth-order valence-electron chi connectivity index (χ4n) is 8.01. The lowest BCUT2D eigenvalue weighted by atomic mass is 10.00. The van der Waals surface area contributed by atoms with Gasteiger partial charge in [-0.3, -0.25) is 4.57 Å². The van der Waals surface area contributed by atoms with E-state index in [0.717, 1.165) is 82.7 Å². The summed E-state index contributed by atoms with van der Waals surface area (Å²) in [6.45, 7) is 0. The van der Waals surface area contributed by atoms with Crippen molar-refractivity contribution in [2.45, 2.75) is 0 Å². The molecule has 11 aromatic rings. The van der Waals surface area contributed by atoms with Crippen molar-refractivity contribution in [3.8, 4) is 28.7 Å². The zero-order valence-electron chi connectivity index (χ0n) is 29.5. The predicted octanol–water partition coefficient (Wildman–Crippen LogP) is 12.8. The first kappa shape index (κ1) is 31.0. The molecule has 3 aromatic heterocycles. The fourth-order valence-corrected chi connectivity index (χ4v) is 8.01. The van der Waals surface area contributed by atoms with Crippen LogP contribution < -0.4 is 4.90 Å². The first-order chi connectivity index (χ1) is 27.3. The quantitative estimate of drug-likeness (QED) is 0.172. The lowest BCUT2D eigenvalue weighted by Gasteiger charge is -2.26. The zero-order chi connectivity index (χ0) is 36.3. The highest BCUT2D eigenvalue weighted by Gasteiger charge is 2.24. The highest BCUT2D eigenvalue weighted by molar-refractivity contribution is 6.29. The molecule has 0 bridgehead atoms. The monoisotopic (exact) mass is 705 g/mol. The van der Waals surface area contributed by atoms with E-state index in [1.54, 1.807) is 0 Å². The molecule has 0 spiro atoms. The molecule has 0 saturated carbocycles. The minimum Gasteiger partial charge on any atom is -0.455 e. The number of nitrogens with zero attached hydrogens (tertiary/aromatic N) is 5. The summed E-state index contributed by atoms with van der Waals surface area (Å²) in [6.07, 6.45) is 0. The Kier molecular flexibility index (Phi) is 7.07. The van der Waals surface area contributed by atoms with Crippen LogP contribution in [0, 0.1) is 0 Å². The summed E-state index contributed by atoms with van der Waals surface area (Å²) >= 11 is 0. The Morgan fingerprint density at radius 1 is 0.418 bits per heavy atom. The second-order valence-electron chi connectivity index (χ2n) is 13.6. The van der Waals surface area contributed by atoms with Gasteiger partial charge in [0.05, 0.1) is 22.1 Å². The lowest BCUT2D eigenvalue weighted by Crippen LogP contribution is -2.10. The summed E-state index contributed by atoms with van der Waals surface area (Å²) < 4.78 is 9.23. The van der Waals surface area contributed by atoms with Gasteiger partial charge < -0.3 is 9.32 Å². The third-order valence-electron chi connectivity index (χ3n) is 10.4. The van der Waals surface area contributed by atoms with E-state index < -0.39 is 0 Å². The summed E-state index contributed by atoms with van der Waals surface area (Å²) in [5.41, 5.74) is 8.63. The number of para-hydroxylation sites is 3. The van der Waals surface area contributed by atoms with E-state index in [1.165, 1.54) is 0 Å². The smallest absolute Gasteiger partial charge is 0.238 e. The molecule has 0 aliphatic heterocycles. The summed E-state index contributed by atoms with van der Waals surface area (Å²) in [5.74, 6) is 1.77. The van der Waals surface area contributed by atoms with Gasteiger partial charge in [-0.25, -0.2) is 4.98 Å². The first-order valence-electron chi connectivity index (χ1n) is 18.4. The number of aromatic nitrogens is 4. The largest absolute Gasteiger partial charge is 0.455 e. The Bertz CT molecular complexity index is 3100. The van der Waals surface area contributed by atoms with E-state index in [2.05, 4.69) is 137 Å². The maximum atomic E-state index is 7.09. The second kappa shape index (κ2) is 12.5. The van der Waals surface area contributed by atoms with Gasteiger partial charge in [-0.2, -0.15) is 9.97 Å². The average molecular weight is 706 g/mol. The SMILES string of the molecule is c1ccc(-c2nc(-c3ccccc3)nc(-n3c4ccccc4c4c5oc6cc(N(c7ccccc7)c7ccccc7)c7ccccc7c6c5ccc43)n2)cc1. The number of benzene rings is 8. The molecule has 55 heavy (non-hydrogen) atoms. The molecule has 0 aliphatic rings. The third-order valence-corrected chi connectivity index (χ3v) is 10.4. The predicted molar refractivity (Wildman–Crippen MR) is 225 cm³/mol. The Hall–Kier alpha value is -7.57. The van der Waals surface area contributed by atoms with Crippen LogP contribution in [0.4, 0.5) is 17.1 Å². The molecule has 0 atom stereocenters. The summed E-state index contributed by atoms with van der Waals surface area (Å²) in [7, 11) is 0. The van der Waals surface area contributed by atoms with Gasteiger partial charge >= 0.3 is 0 Å². The van der Waals surface area contributed by atoms with Crippen molar-refractivity contribution >= 4 is 71.6 Å². The van der Waals surface area contributed by atoms with Gasteiger partial charge in [0.25, 0.3) is 0 Å². The zero-order valence-corrected chi connectivity index (χ0v) is 29.5. The van der Waals surface area contributed by atoms with Gasteiger partial charge in [0.1, 0.15) is 11.2 Å². The van der Waals surface area contributed by atoms with Gasteiger partial charge in [0, 0.05) is 50.1 Å². The molecular formula is C49H31N5O. The Morgan fingerprint density at radius 2 is 0.945 bits per heavy atom. The first-order valence-corrected chi connectivity index (χ1v) is 18.4. The van der Waals surface area contributed by atoms with Crippen molar-refractivity contribution in [2.75, 3.05) is 4.90 Å². The van der Waals surface area contributed by atoms with Crippen LogP contribution in [0.1, 0.15) is 0 Å². The number of fused-ring (bicyclic) bond motifs is 9. The summed E-state index contributed by atoms with van der Waals surface area (Å²) in [4.78, 5) is 17.5. The number of anilines is 3. The number of hydrogen-bond acceptors (Lipinski definition) is 5. The van der Waals surface area contributed by atoms with E-state index in [-0.39, 0.29) is 0 Å². The van der Waals surface area contributed by atoms with E-state index in [4.69, 9.17) is 19.4 Å². The summed E-state index contributed by atoms with van der Waals surface area (Å²) in [5, 5.41) is 6.49. The molecule has 0 unspecified atom stereocenters. The van der Waals surface area contributed by atoms with Crippen molar-refractivity contribution < 1.29 is 4.42 Å². The molecule has 0 fully saturated rings. The lowest BCUT2D eigenvalue weighted by molar-refractivity contribution is 0.673. The van der Waals surface area contributed by atoms with Gasteiger partial charge in [-0.05, 0) is 47.9 Å². The van der Waals surface area contributed by atoms with Crippen molar-refractivity contribution in [2.24, 2.45) is 0 Å². The van der Waals surface area contributed by atoms with Crippen LogP contribution in [0.2, 0.25) is 0 Å². The molecular weight excluding hydrogens is 675 g/mol. The van der Waals surface area contributed by atoms with Crippen molar-refractivity contribution in [3.05, 3.63) is 188 Å². The molecule has 11 rings (SSSR count). The minimum absolute atomic E-state index is 0.545. The van der Waals surface area contributed by atoms with Gasteiger partial charge in [0.15, 0.2) is 11.6 Å². The molecule has 0 radical (unpaired) electrons. The van der Waals surface area contributed by atoms with Crippen LogP contribution in [0.25, 0.3) is 83.2 Å². The molecule has 258 valence electrons. The third kappa shape index (κ3) is 5.00.